The largest absolute Gasteiger partial charge is 0.383 e. The highest BCUT2D eigenvalue weighted by Gasteiger charge is 2.40. The van der Waals surface area contributed by atoms with Crippen molar-refractivity contribution in [2.24, 2.45) is 0 Å². The Morgan fingerprint density at radius 2 is 2.08 bits per heavy atom. The molecule has 1 aromatic rings. The number of nitrogens with zero attached hydrogens (tertiary/aromatic N) is 5. The minimum absolute atomic E-state index is 0.0184. The van der Waals surface area contributed by atoms with Crippen LogP contribution in [0.2, 0.25) is 0 Å². The van der Waals surface area contributed by atoms with Crippen LogP contribution in [0.4, 0.5) is 15.0 Å². The SMILES string of the molecule is COCCN1C(=O)CN(C2CCN(c3ncncc3F)CC2)C1=O. The van der Waals surface area contributed by atoms with Crippen molar-refractivity contribution in [3.8, 4) is 0 Å². The number of ether oxygens (including phenoxy) is 1. The molecule has 3 heterocycles. The first-order valence-electron chi connectivity index (χ1n) is 7.92. The Morgan fingerprint density at radius 1 is 1.33 bits per heavy atom. The van der Waals surface area contributed by atoms with Crippen molar-refractivity contribution in [2.45, 2.75) is 18.9 Å². The molecule has 3 amide bonds. The number of piperidine rings is 1. The van der Waals surface area contributed by atoms with Crippen LogP contribution in [0.3, 0.4) is 0 Å². The van der Waals surface area contributed by atoms with Crippen LogP contribution in [0.5, 0.6) is 0 Å². The van der Waals surface area contributed by atoms with Gasteiger partial charge in [0.2, 0.25) is 5.91 Å². The molecule has 2 aliphatic rings. The number of amides is 3. The second kappa shape index (κ2) is 7.08. The fraction of sp³-hybridized carbons (Fsp3) is 0.600. The van der Waals surface area contributed by atoms with Crippen LogP contribution in [-0.4, -0.2) is 77.6 Å². The minimum Gasteiger partial charge on any atom is -0.383 e. The number of urea groups is 1. The molecule has 3 rings (SSSR count). The van der Waals surface area contributed by atoms with Crippen molar-refractivity contribution in [3.05, 3.63) is 18.3 Å². The highest BCUT2D eigenvalue weighted by Crippen LogP contribution is 2.25. The lowest BCUT2D eigenvalue weighted by Gasteiger charge is -2.36. The van der Waals surface area contributed by atoms with Crippen LogP contribution in [0, 0.1) is 5.82 Å². The molecule has 0 spiro atoms. The van der Waals surface area contributed by atoms with Gasteiger partial charge in [0.1, 0.15) is 12.9 Å². The van der Waals surface area contributed by atoms with Gasteiger partial charge in [0.15, 0.2) is 11.6 Å². The van der Waals surface area contributed by atoms with Gasteiger partial charge >= 0.3 is 6.03 Å². The summed E-state index contributed by atoms with van der Waals surface area (Å²) in [4.78, 5) is 36.7. The lowest BCUT2D eigenvalue weighted by atomic mass is 10.0. The number of rotatable bonds is 5. The molecular weight excluding hydrogens is 317 g/mol. The lowest BCUT2D eigenvalue weighted by molar-refractivity contribution is -0.125. The predicted octanol–water partition coefficient (Wildman–Crippen LogP) is 0.495. The van der Waals surface area contributed by atoms with Crippen molar-refractivity contribution < 1.29 is 18.7 Å². The van der Waals surface area contributed by atoms with E-state index in [1.54, 1.807) is 4.90 Å². The summed E-state index contributed by atoms with van der Waals surface area (Å²) < 4.78 is 18.7. The second-order valence-corrected chi connectivity index (χ2v) is 5.86. The molecular formula is C15H20FN5O3. The van der Waals surface area contributed by atoms with E-state index in [4.69, 9.17) is 4.74 Å². The number of carbonyl (C=O) groups excluding carboxylic acids is 2. The average Bonchev–Trinajstić information content (AvgIpc) is 2.88. The molecule has 0 saturated carbocycles. The van der Waals surface area contributed by atoms with Gasteiger partial charge in [0.05, 0.1) is 19.3 Å². The normalized spacial score (nSPS) is 19.5. The molecule has 2 saturated heterocycles. The smallest absolute Gasteiger partial charge is 0.327 e. The van der Waals surface area contributed by atoms with Gasteiger partial charge in [-0.3, -0.25) is 9.69 Å². The summed E-state index contributed by atoms with van der Waals surface area (Å²) in [6, 6.07) is -0.279. The quantitative estimate of drug-likeness (QED) is 0.728. The first-order chi connectivity index (χ1) is 11.6. The molecule has 0 N–H and O–H groups in total. The Bertz CT molecular complexity index is 621. The maximum atomic E-state index is 13.8. The summed E-state index contributed by atoms with van der Waals surface area (Å²) in [5, 5.41) is 0. The van der Waals surface area contributed by atoms with Gasteiger partial charge in [0.25, 0.3) is 0 Å². The van der Waals surface area contributed by atoms with Crippen LogP contribution in [-0.2, 0) is 9.53 Å². The van der Waals surface area contributed by atoms with E-state index in [9.17, 15) is 14.0 Å². The molecule has 0 atom stereocenters. The molecule has 130 valence electrons. The van der Waals surface area contributed by atoms with Crippen molar-refractivity contribution in [1.82, 2.24) is 19.8 Å². The zero-order chi connectivity index (χ0) is 17.1. The first kappa shape index (κ1) is 16.6. The highest BCUT2D eigenvalue weighted by molar-refractivity contribution is 6.02. The highest BCUT2D eigenvalue weighted by atomic mass is 19.1. The van der Waals surface area contributed by atoms with E-state index in [2.05, 4.69) is 9.97 Å². The van der Waals surface area contributed by atoms with Crippen molar-refractivity contribution in [1.29, 1.82) is 0 Å². The van der Waals surface area contributed by atoms with Crippen LogP contribution in [0.25, 0.3) is 0 Å². The maximum Gasteiger partial charge on any atom is 0.327 e. The Balaban J connectivity index is 1.60. The monoisotopic (exact) mass is 337 g/mol. The number of imide groups is 1. The summed E-state index contributed by atoms with van der Waals surface area (Å²) in [5.41, 5.74) is 0. The summed E-state index contributed by atoms with van der Waals surface area (Å²) in [7, 11) is 1.53. The summed E-state index contributed by atoms with van der Waals surface area (Å²) in [6.45, 7) is 1.87. The summed E-state index contributed by atoms with van der Waals surface area (Å²) in [6.07, 6.45) is 3.80. The number of methoxy groups -OCH3 is 1. The number of anilines is 1. The van der Waals surface area contributed by atoms with Crippen molar-refractivity contribution >= 4 is 17.8 Å². The predicted molar refractivity (Wildman–Crippen MR) is 82.9 cm³/mol. The van der Waals surface area contributed by atoms with Crippen molar-refractivity contribution in [2.75, 3.05) is 44.8 Å². The Hall–Kier alpha value is -2.29. The number of hydrogen-bond acceptors (Lipinski definition) is 6. The average molecular weight is 337 g/mol. The van der Waals surface area contributed by atoms with Crippen LogP contribution in [0.1, 0.15) is 12.8 Å². The van der Waals surface area contributed by atoms with E-state index in [-0.39, 0.29) is 36.9 Å². The van der Waals surface area contributed by atoms with Gasteiger partial charge in [-0.25, -0.2) is 19.2 Å². The molecule has 9 heteroatoms. The summed E-state index contributed by atoms with van der Waals surface area (Å²) >= 11 is 0. The van der Waals surface area contributed by atoms with Crippen LogP contribution < -0.4 is 4.90 Å². The van der Waals surface area contributed by atoms with Gasteiger partial charge in [-0.1, -0.05) is 0 Å². The van der Waals surface area contributed by atoms with E-state index in [0.717, 1.165) is 6.20 Å². The first-order valence-corrected chi connectivity index (χ1v) is 7.92. The molecule has 2 fully saturated rings. The van der Waals surface area contributed by atoms with E-state index in [0.29, 0.717) is 32.5 Å². The second-order valence-electron chi connectivity index (χ2n) is 5.86. The van der Waals surface area contributed by atoms with E-state index < -0.39 is 5.82 Å². The Morgan fingerprint density at radius 3 is 2.75 bits per heavy atom. The Labute approximate surface area is 139 Å². The molecule has 24 heavy (non-hydrogen) atoms. The molecule has 0 radical (unpaired) electrons. The standard InChI is InChI=1S/C15H20FN5O3/c1-24-7-6-20-13(22)9-21(15(20)23)11-2-4-19(5-3-11)14-12(16)8-17-10-18-14/h8,10-11H,2-7,9H2,1H3. The topological polar surface area (TPSA) is 78.9 Å². The number of hydrogen-bond donors (Lipinski definition) is 0. The molecule has 2 aliphatic heterocycles. The third-order valence-electron chi connectivity index (χ3n) is 4.46. The fourth-order valence-electron chi connectivity index (χ4n) is 3.18. The van der Waals surface area contributed by atoms with E-state index in [1.807, 2.05) is 4.90 Å². The van der Waals surface area contributed by atoms with E-state index in [1.165, 1.54) is 18.3 Å². The van der Waals surface area contributed by atoms with E-state index >= 15 is 0 Å². The lowest BCUT2D eigenvalue weighted by Crippen LogP contribution is -2.47. The molecule has 8 nitrogen and oxygen atoms in total. The number of halogens is 1. The minimum atomic E-state index is -0.450. The van der Waals surface area contributed by atoms with Gasteiger partial charge in [0, 0.05) is 26.2 Å². The molecule has 1 aromatic heterocycles. The van der Waals surface area contributed by atoms with Gasteiger partial charge < -0.3 is 14.5 Å². The van der Waals surface area contributed by atoms with Crippen LogP contribution >= 0.6 is 0 Å². The maximum absolute atomic E-state index is 13.8. The van der Waals surface area contributed by atoms with Crippen LogP contribution in [0.15, 0.2) is 12.5 Å². The van der Waals surface area contributed by atoms with Gasteiger partial charge in [-0.15, -0.1) is 0 Å². The zero-order valence-electron chi connectivity index (χ0n) is 13.5. The van der Waals surface area contributed by atoms with Gasteiger partial charge in [-0.2, -0.15) is 0 Å². The zero-order valence-corrected chi connectivity index (χ0v) is 13.5. The molecule has 0 aliphatic carbocycles. The molecule has 0 bridgehead atoms. The molecule has 0 aromatic carbocycles. The number of carbonyl (C=O) groups is 2. The van der Waals surface area contributed by atoms with Gasteiger partial charge in [-0.05, 0) is 12.8 Å². The fourth-order valence-corrected chi connectivity index (χ4v) is 3.18. The summed E-state index contributed by atoms with van der Waals surface area (Å²) in [5.74, 6) is -0.357. The number of aromatic nitrogens is 2. The van der Waals surface area contributed by atoms with Crippen molar-refractivity contribution in [3.63, 3.8) is 0 Å². The third kappa shape index (κ3) is 3.16. The molecule has 0 unspecified atom stereocenters. The Kier molecular flexibility index (Phi) is 4.89. The third-order valence-corrected chi connectivity index (χ3v) is 4.46.